The lowest BCUT2D eigenvalue weighted by atomic mass is 9.88. The summed E-state index contributed by atoms with van der Waals surface area (Å²) in [5.41, 5.74) is 8.60. The van der Waals surface area contributed by atoms with Crippen LogP contribution < -0.4 is 14.5 Å². The highest BCUT2D eigenvalue weighted by atomic mass is 16.5. The Morgan fingerprint density at radius 2 is 1.26 bits per heavy atom. The van der Waals surface area contributed by atoms with Crippen LogP contribution in [0.4, 0.5) is 22.7 Å². The summed E-state index contributed by atoms with van der Waals surface area (Å²) < 4.78 is 104. The van der Waals surface area contributed by atoms with E-state index in [2.05, 4.69) is 48.4 Å². The molecule has 6 nitrogen and oxygen atoms in total. The molecule has 3 aromatic heterocycles. The number of nitrogens with zero attached hydrogens (tertiary/aromatic N) is 4. The molecule has 0 N–H and O–H groups in total. The molecule has 0 saturated heterocycles. The second-order valence-electron chi connectivity index (χ2n) is 17.3. The molecule has 0 spiro atoms. The maximum atomic E-state index is 9.14. The number of fused-ring (bicyclic) bond motifs is 6. The fraction of sp³-hybridized carbons (Fsp3) is 0.0833. The van der Waals surface area contributed by atoms with Gasteiger partial charge in [-0.3, -0.25) is 4.57 Å². The van der Waals surface area contributed by atoms with E-state index >= 15 is 0 Å². The zero-order chi connectivity index (χ0) is 53.1. The molecule has 0 bridgehead atoms. The predicted molar refractivity (Wildman–Crippen MR) is 272 cm³/mol. The fourth-order valence-electron chi connectivity index (χ4n) is 9.12. The van der Waals surface area contributed by atoms with Gasteiger partial charge in [-0.05, 0) is 93.9 Å². The molecule has 318 valence electrons. The molecule has 0 fully saturated rings. The standard InChI is InChI=1S/C60H46N4O2/c1-60(2,3)44-32-33-61-56(36-44)64-54-38-46(30-31-50(54)59-58(64)51-24-13-16-29-55(51)66-59)65-47-35-43(40-18-7-4-8-19-40)34-45(37-47)62-39-63(53-28-15-14-27-52(53)62)57-48(41-20-9-5-10-21-41)25-17-26-49(57)42-22-11-6-12-23-42/h4-38H,39H2,1-3H3/i5D,6D,9D,10D,11D,12D,20D,21D,22D,23D. The van der Waals surface area contributed by atoms with Gasteiger partial charge in [0.1, 0.15) is 35.1 Å². The van der Waals surface area contributed by atoms with Crippen LogP contribution in [0.2, 0.25) is 0 Å². The summed E-state index contributed by atoms with van der Waals surface area (Å²) in [6.45, 7) is 6.61. The van der Waals surface area contributed by atoms with E-state index in [0.717, 1.165) is 61.2 Å². The first-order valence-corrected chi connectivity index (χ1v) is 21.7. The van der Waals surface area contributed by atoms with E-state index in [-0.39, 0.29) is 40.0 Å². The van der Waals surface area contributed by atoms with Crippen LogP contribution in [0.5, 0.6) is 11.5 Å². The Morgan fingerprint density at radius 3 is 1.98 bits per heavy atom. The van der Waals surface area contributed by atoms with Crippen LogP contribution >= 0.6 is 0 Å². The van der Waals surface area contributed by atoms with Crippen LogP contribution in [-0.4, -0.2) is 16.2 Å². The van der Waals surface area contributed by atoms with Gasteiger partial charge in [0.15, 0.2) is 5.58 Å². The van der Waals surface area contributed by atoms with Gasteiger partial charge < -0.3 is 19.0 Å². The Kier molecular flexibility index (Phi) is 7.12. The number of aromatic nitrogens is 2. The van der Waals surface area contributed by atoms with Crippen molar-refractivity contribution in [1.29, 1.82) is 0 Å². The molecule has 0 unspecified atom stereocenters. The summed E-state index contributed by atoms with van der Waals surface area (Å²) in [7, 11) is 0. The molecule has 4 heterocycles. The van der Waals surface area contributed by atoms with E-state index in [1.807, 2.05) is 120 Å². The van der Waals surface area contributed by atoms with Crippen molar-refractivity contribution in [3.05, 3.63) is 218 Å². The van der Waals surface area contributed by atoms with Gasteiger partial charge in [-0.2, -0.15) is 0 Å². The zero-order valence-electron chi connectivity index (χ0n) is 46.2. The third kappa shape index (κ3) is 6.77. The summed E-state index contributed by atoms with van der Waals surface area (Å²) in [6, 6.07) is 41.4. The Hall–Kier alpha value is -8.35. The summed E-state index contributed by atoms with van der Waals surface area (Å²) in [5.74, 6) is 1.82. The van der Waals surface area contributed by atoms with Crippen LogP contribution in [0.25, 0.3) is 72.2 Å². The van der Waals surface area contributed by atoms with Crippen molar-refractivity contribution in [1.82, 2.24) is 9.55 Å². The lowest BCUT2D eigenvalue weighted by Crippen LogP contribution is -2.25. The minimum Gasteiger partial charge on any atom is -0.457 e. The lowest BCUT2D eigenvalue weighted by Gasteiger charge is -2.27. The van der Waals surface area contributed by atoms with Gasteiger partial charge in [0.05, 0.1) is 36.3 Å². The second-order valence-corrected chi connectivity index (χ2v) is 17.3. The van der Waals surface area contributed by atoms with Crippen molar-refractivity contribution >= 4 is 55.7 Å². The first-order chi connectivity index (χ1) is 36.5. The Labute approximate surface area is 398 Å². The molecule has 8 aromatic carbocycles. The number of furan rings is 1. The number of hydrogen-bond acceptors (Lipinski definition) is 5. The van der Waals surface area contributed by atoms with Crippen molar-refractivity contribution in [2.45, 2.75) is 26.2 Å². The number of rotatable bonds is 8. The first-order valence-electron chi connectivity index (χ1n) is 26.7. The minimum absolute atomic E-state index is 0.0749. The molecule has 0 radical (unpaired) electrons. The molecular formula is C60H46N4O2. The molecule has 12 rings (SSSR count). The van der Waals surface area contributed by atoms with Crippen LogP contribution in [0.15, 0.2) is 217 Å². The Balaban J connectivity index is 1.04. The molecule has 66 heavy (non-hydrogen) atoms. The topological polar surface area (TPSA) is 46.7 Å². The minimum atomic E-state index is -0.559. The molecule has 0 saturated carbocycles. The SMILES string of the molecule is [2H]c1c([2H])c([2H])c(-c2cccc(-c3c([2H])c([2H])c([2H])c([2H])c3[2H])c2N2CN(c3cc(Oc4ccc5c6oc7ccccc7c6n(-c6cc(C(C)(C)C)ccn6)c5c4)cc(-c4ccccc4)c3)c3ccccc32)c([2H])c1[2H]. The third-order valence-corrected chi connectivity index (χ3v) is 12.2. The fourth-order valence-corrected chi connectivity index (χ4v) is 9.12. The van der Waals surface area contributed by atoms with Crippen LogP contribution in [0, 0.1) is 0 Å². The summed E-state index contributed by atoms with van der Waals surface area (Å²) >= 11 is 0. The third-order valence-electron chi connectivity index (χ3n) is 12.2. The van der Waals surface area contributed by atoms with Crippen molar-refractivity contribution in [3.63, 3.8) is 0 Å². The average molecular weight is 865 g/mol. The van der Waals surface area contributed by atoms with Crippen LogP contribution in [-0.2, 0) is 5.41 Å². The normalized spacial score (nSPS) is 14.8. The molecule has 0 aliphatic carbocycles. The van der Waals surface area contributed by atoms with E-state index < -0.39 is 60.4 Å². The van der Waals surface area contributed by atoms with Crippen molar-refractivity contribution < 1.29 is 22.9 Å². The van der Waals surface area contributed by atoms with Gasteiger partial charge in [0.2, 0.25) is 0 Å². The van der Waals surface area contributed by atoms with E-state index in [1.165, 1.54) is 0 Å². The van der Waals surface area contributed by atoms with Crippen molar-refractivity contribution in [2.24, 2.45) is 0 Å². The van der Waals surface area contributed by atoms with Gasteiger partial charge in [-0.15, -0.1) is 0 Å². The van der Waals surface area contributed by atoms with Gasteiger partial charge in [-0.25, -0.2) is 4.98 Å². The smallest absolute Gasteiger partial charge is 0.161 e. The highest BCUT2D eigenvalue weighted by molar-refractivity contribution is 6.16. The van der Waals surface area contributed by atoms with Gasteiger partial charge in [-0.1, -0.05) is 154 Å². The van der Waals surface area contributed by atoms with Crippen LogP contribution in [0.1, 0.15) is 40.0 Å². The number of hydrogen-bond donors (Lipinski definition) is 0. The predicted octanol–water partition coefficient (Wildman–Crippen LogP) is 16.3. The number of ether oxygens (including phenoxy) is 1. The maximum absolute atomic E-state index is 9.14. The summed E-state index contributed by atoms with van der Waals surface area (Å²) in [6.07, 6.45) is 1.84. The van der Waals surface area contributed by atoms with Crippen molar-refractivity contribution in [3.8, 4) is 50.7 Å². The average Bonchev–Trinajstić information content (AvgIpc) is 4.10. The quantitative estimate of drug-likeness (QED) is 0.152. The molecule has 6 heteroatoms. The molecule has 0 amide bonds. The van der Waals surface area contributed by atoms with E-state index in [0.29, 0.717) is 22.9 Å². The zero-order valence-corrected chi connectivity index (χ0v) is 36.2. The Morgan fingerprint density at radius 1 is 0.576 bits per heavy atom. The first kappa shape index (κ1) is 29.9. The number of para-hydroxylation sites is 4. The highest BCUT2D eigenvalue weighted by Gasteiger charge is 2.32. The Bertz CT molecular complexity index is 4060. The monoisotopic (exact) mass is 864 g/mol. The van der Waals surface area contributed by atoms with Gasteiger partial charge in [0, 0.05) is 45.9 Å². The summed E-state index contributed by atoms with van der Waals surface area (Å²) in [4.78, 5) is 8.89. The van der Waals surface area contributed by atoms with Gasteiger partial charge in [0.25, 0.3) is 0 Å². The second kappa shape index (κ2) is 15.7. The molecule has 1 aliphatic heterocycles. The van der Waals surface area contributed by atoms with Crippen molar-refractivity contribution in [2.75, 3.05) is 16.5 Å². The van der Waals surface area contributed by atoms with Gasteiger partial charge >= 0.3 is 0 Å². The number of benzene rings is 8. The summed E-state index contributed by atoms with van der Waals surface area (Å²) in [5, 5.41) is 1.84. The molecule has 11 aromatic rings. The largest absolute Gasteiger partial charge is 0.457 e. The number of pyridine rings is 1. The lowest BCUT2D eigenvalue weighted by molar-refractivity contribution is 0.483. The molecule has 0 atom stereocenters. The van der Waals surface area contributed by atoms with Crippen LogP contribution in [0.3, 0.4) is 0 Å². The highest BCUT2D eigenvalue weighted by Crippen LogP contribution is 2.51. The van der Waals surface area contributed by atoms with E-state index in [4.69, 9.17) is 27.8 Å². The number of anilines is 4. The van der Waals surface area contributed by atoms with E-state index in [1.54, 1.807) is 18.2 Å². The molecule has 1 aliphatic rings. The van der Waals surface area contributed by atoms with E-state index in [9.17, 15) is 0 Å². The maximum Gasteiger partial charge on any atom is 0.161 e. The molecular weight excluding hydrogens is 809 g/mol.